The zero-order chi connectivity index (χ0) is 21.7. The lowest BCUT2D eigenvalue weighted by Crippen LogP contribution is -2.59. The smallest absolute Gasteiger partial charge is 0.410 e. The quantitative estimate of drug-likeness (QED) is 0.741. The molecule has 1 aliphatic heterocycles. The van der Waals surface area contributed by atoms with Crippen molar-refractivity contribution in [3.05, 3.63) is 65.7 Å². The number of ether oxygens (including phenoxy) is 2. The maximum Gasteiger partial charge on any atom is 0.410 e. The molecule has 0 aliphatic carbocycles. The van der Waals surface area contributed by atoms with Crippen LogP contribution < -0.4 is 5.32 Å². The molecule has 1 fully saturated rings. The van der Waals surface area contributed by atoms with Crippen molar-refractivity contribution >= 4 is 17.7 Å². The van der Waals surface area contributed by atoms with E-state index in [1.54, 1.807) is 6.92 Å². The first-order valence-electron chi connectivity index (χ1n) is 9.63. The van der Waals surface area contributed by atoms with Gasteiger partial charge in [0.2, 0.25) is 0 Å². The fourth-order valence-corrected chi connectivity index (χ4v) is 3.72. The van der Waals surface area contributed by atoms with E-state index in [9.17, 15) is 18.4 Å². The first-order chi connectivity index (χ1) is 14.3. The lowest BCUT2D eigenvalue weighted by molar-refractivity contribution is -0.148. The highest BCUT2D eigenvalue weighted by Gasteiger charge is 2.47. The molecule has 2 aromatic rings. The molecule has 6 nitrogen and oxygen atoms in total. The van der Waals surface area contributed by atoms with E-state index in [2.05, 4.69) is 5.32 Å². The van der Waals surface area contributed by atoms with Crippen LogP contribution in [0.15, 0.2) is 48.5 Å². The second-order valence-electron chi connectivity index (χ2n) is 7.36. The average molecular weight is 418 g/mol. The minimum Gasteiger partial charge on any atom is -0.467 e. The fourth-order valence-electron chi connectivity index (χ4n) is 3.72. The standard InChI is InChI=1S/C22H24F2N2O4/c1-15-13-22(20(27)29-2,25-19-9-8-17(23)12-18(19)24)10-11-26(15)21(28)30-14-16-6-4-3-5-7-16/h3-9,12,15,25H,10-11,13-14H2,1-2H3/t15-,22-/m0/s1. The summed E-state index contributed by atoms with van der Waals surface area (Å²) in [7, 11) is 1.25. The van der Waals surface area contributed by atoms with E-state index in [1.165, 1.54) is 18.1 Å². The number of carbonyl (C=O) groups excluding carboxylic acids is 2. The summed E-state index contributed by atoms with van der Waals surface area (Å²) < 4.78 is 37.7. The van der Waals surface area contributed by atoms with Crippen LogP contribution in [0.5, 0.6) is 0 Å². The van der Waals surface area contributed by atoms with Gasteiger partial charge >= 0.3 is 12.1 Å². The summed E-state index contributed by atoms with van der Waals surface area (Å²) in [6, 6.07) is 12.0. The Balaban J connectivity index is 1.71. The number of piperidine rings is 1. The molecule has 2 atom stereocenters. The van der Waals surface area contributed by atoms with Crippen molar-refractivity contribution in [2.45, 2.75) is 38.0 Å². The predicted molar refractivity (Wildman–Crippen MR) is 107 cm³/mol. The number of methoxy groups -OCH3 is 1. The average Bonchev–Trinajstić information content (AvgIpc) is 2.74. The Morgan fingerprint density at radius 3 is 2.57 bits per heavy atom. The summed E-state index contributed by atoms with van der Waals surface area (Å²) in [5.74, 6) is -2.10. The van der Waals surface area contributed by atoms with Crippen molar-refractivity contribution < 1.29 is 27.8 Å². The number of nitrogens with zero attached hydrogens (tertiary/aromatic N) is 1. The Hall–Kier alpha value is -3.16. The van der Waals surface area contributed by atoms with E-state index in [4.69, 9.17) is 9.47 Å². The number of esters is 1. The Bertz CT molecular complexity index is 909. The van der Waals surface area contributed by atoms with Crippen molar-refractivity contribution in [1.82, 2.24) is 4.90 Å². The summed E-state index contributed by atoms with van der Waals surface area (Å²) in [6.45, 7) is 2.13. The van der Waals surface area contributed by atoms with Gasteiger partial charge in [0.05, 0.1) is 12.8 Å². The molecular weight excluding hydrogens is 394 g/mol. The van der Waals surface area contributed by atoms with Gasteiger partial charge < -0.3 is 19.7 Å². The van der Waals surface area contributed by atoms with E-state index >= 15 is 0 Å². The van der Waals surface area contributed by atoms with Crippen molar-refractivity contribution in [2.24, 2.45) is 0 Å². The summed E-state index contributed by atoms with van der Waals surface area (Å²) in [4.78, 5) is 26.7. The minimum absolute atomic E-state index is 0.00546. The molecule has 1 N–H and O–H groups in total. The number of halogens is 2. The zero-order valence-corrected chi connectivity index (χ0v) is 16.9. The number of benzene rings is 2. The van der Waals surface area contributed by atoms with Gasteiger partial charge in [-0.2, -0.15) is 0 Å². The van der Waals surface area contributed by atoms with E-state index in [1.807, 2.05) is 30.3 Å². The van der Waals surface area contributed by atoms with Crippen molar-refractivity contribution in [1.29, 1.82) is 0 Å². The minimum atomic E-state index is -1.25. The molecule has 160 valence electrons. The molecule has 0 unspecified atom stereocenters. The number of anilines is 1. The molecule has 1 aliphatic rings. The first-order valence-corrected chi connectivity index (χ1v) is 9.63. The van der Waals surface area contributed by atoms with E-state index in [-0.39, 0.29) is 37.7 Å². The van der Waals surface area contributed by atoms with Gasteiger partial charge in [0.15, 0.2) is 0 Å². The highest BCUT2D eigenvalue weighted by molar-refractivity contribution is 5.85. The van der Waals surface area contributed by atoms with Crippen molar-refractivity contribution in [3.63, 3.8) is 0 Å². The maximum atomic E-state index is 14.2. The molecule has 1 amide bonds. The van der Waals surface area contributed by atoms with E-state index in [0.717, 1.165) is 17.7 Å². The van der Waals surface area contributed by atoms with Crippen LogP contribution in [-0.2, 0) is 20.9 Å². The second kappa shape index (κ2) is 9.11. The first kappa shape index (κ1) is 21.5. The third kappa shape index (κ3) is 4.69. The molecule has 1 saturated heterocycles. The largest absolute Gasteiger partial charge is 0.467 e. The van der Waals surface area contributed by atoms with Gasteiger partial charge in [0.25, 0.3) is 0 Å². The SMILES string of the molecule is COC(=O)[C@]1(Nc2ccc(F)cc2F)CCN(C(=O)OCc2ccccc2)[C@@H](C)C1. The molecular formula is C22H24F2N2O4. The summed E-state index contributed by atoms with van der Waals surface area (Å²) in [6.07, 6.45) is -0.129. The van der Waals surface area contributed by atoms with Crippen LogP contribution >= 0.6 is 0 Å². The van der Waals surface area contributed by atoms with Crippen LogP contribution in [0.3, 0.4) is 0 Å². The molecule has 3 rings (SSSR count). The van der Waals surface area contributed by atoms with Crippen LogP contribution in [0.1, 0.15) is 25.3 Å². The topological polar surface area (TPSA) is 67.9 Å². The summed E-state index contributed by atoms with van der Waals surface area (Å²) in [5.41, 5.74) is -0.384. The number of nitrogens with one attached hydrogen (secondary N) is 1. The van der Waals surface area contributed by atoms with Gasteiger partial charge in [0.1, 0.15) is 23.8 Å². The second-order valence-corrected chi connectivity index (χ2v) is 7.36. The third-order valence-electron chi connectivity index (χ3n) is 5.28. The van der Waals surface area contributed by atoms with Gasteiger partial charge in [-0.1, -0.05) is 30.3 Å². The Morgan fingerprint density at radius 1 is 1.20 bits per heavy atom. The van der Waals surface area contributed by atoms with Gasteiger partial charge in [0, 0.05) is 25.1 Å². The highest BCUT2D eigenvalue weighted by Crippen LogP contribution is 2.33. The molecule has 0 bridgehead atoms. The molecule has 2 aromatic carbocycles. The van der Waals surface area contributed by atoms with Crippen LogP contribution in [0.25, 0.3) is 0 Å². The van der Waals surface area contributed by atoms with Gasteiger partial charge in [-0.05, 0) is 31.0 Å². The number of carbonyl (C=O) groups is 2. The van der Waals surface area contributed by atoms with Gasteiger partial charge in [-0.15, -0.1) is 0 Å². The number of rotatable bonds is 5. The van der Waals surface area contributed by atoms with Gasteiger partial charge in [-0.25, -0.2) is 18.4 Å². The molecule has 30 heavy (non-hydrogen) atoms. The lowest BCUT2D eigenvalue weighted by atomic mass is 9.83. The predicted octanol–water partition coefficient (Wildman–Crippen LogP) is 4.11. The number of hydrogen-bond acceptors (Lipinski definition) is 5. The Labute approximate surface area is 173 Å². The normalized spacial score (nSPS) is 21.1. The zero-order valence-electron chi connectivity index (χ0n) is 16.9. The molecule has 1 heterocycles. The monoisotopic (exact) mass is 418 g/mol. The fraction of sp³-hybridized carbons (Fsp3) is 0.364. The molecule has 0 saturated carbocycles. The van der Waals surface area contributed by atoms with Gasteiger partial charge in [-0.3, -0.25) is 0 Å². The Kier molecular flexibility index (Phi) is 6.54. The maximum absolute atomic E-state index is 14.2. The van der Waals surface area contributed by atoms with E-state index < -0.39 is 29.2 Å². The van der Waals surface area contributed by atoms with Crippen molar-refractivity contribution in [2.75, 3.05) is 19.0 Å². The molecule has 8 heteroatoms. The summed E-state index contributed by atoms with van der Waals surface area (Å²) >= 11 is 0. The number of amides is 1. The number of hydrogen-bond donors (Lipinski definition) is 1. The highest BCUT2D eigenvalue weighted by atomic mass is 19.1. The van der Waals surface area contributed by atoms with Crippen LogP contribution in [0, 0.1) is 11.6 Å². The van der Waals surface area contributed by atoms with Crippen LogP contribution in [0.2, 0.25) is 0 Å². The number of likely N-dealkylation sites (tertiary alicyclic amines) is 1. The molecule has 0 spiro atoms. The van der Waals surface area contributed by atoms with Crippen LogP contribution in [0.4, 0.5) is 19.3 Å². The Morgan fingerprint density at radius 2 is 1.93 bits per heavy atom. The van der Waals surface area contributed by atoms with Crippen LogP contribution in [-0.4, -0.2) is 42.2 Å². The molecule has 0 aromatic heterocycles. The lowest BCUT2D eigenvalue weighted by Gasteiger charge is -2.44. The third-order valence-corrected chi connectivity index (χ3v) is 5.28. The van der Waals surface area contributed by atoms with E-state index in [0.29, 0.717) is 0 Å². The summed E-state index contributed by atoms with van der Waals surface area (Å²) in [5, 5.41) is 2.89. The van der Waals surface area contributed by atoms with Crippen molar-refractivity contribution in [3.8, 4) is 0 Å². The molecule has 0 radical (unpaired) electrons.